The van der Waals surface area contributed by atoms with E-state index in [2.05, 4.69) is 6.92 Å². The Morgan fingerprint density at radius 3 is 0.886 bits per heavy atom. The van der Waals surface area contributed by atoms with Gasteiger partial charge < -0.3 is 14.9 Å². The fraction of sp³-hybridized carbons (Fsp3) is 0.975. The molecule has 0 saturated heterocycles. The van der Waals surface area contributed by atoms with E-state index in [4.69, 9.17) is 9.84 Å². The fourth-order valence-corrected chi connectivity index (χ4v) is 6.31. The Bertz CT molecular complexity index is 537. The number of esters is 1. The minimum absolute atomic E-state index is 0.102. The summed E-state index contributed by atoms with van der Waals surface area (Å²) in [5.41, 5.74) is 0. The molecule has 0 radical (unpaired) electrons. The molecule has 0 heterocycles. The van der Waals surface area contributed by atoms with Gasteiger partial charge in [0.2, 0.25) is 0 Å². The average Bonchev–Trinajstić information content (AvgIpc) is 3.03. The molecule has 2 N–H and O–H groups in total. The molecule has 44 heavy (non-hydrogen) atoms. The van der Waals surface area contributed by atoms with Gasteiger partial charge >= 0.3 is 5.97 Å². The van der Waals surface area contributed by atoms with E-state index in [9.17, 15) is 9.90 Å². The fourth-order valence-electron chi connectivity index (χ4n) is 6.31. The van der Waals surface area contributed by atoms with Crippen LogP contribution in [-0.4, -0.2) is 35.5 Å². The second-order valence-corrected chi connectivity index (χ2v) is 13.9. The van der Waals surface area contributed by atoms with Crippen LogP contribution in [0, 0.1) is 0 Å². The second kappa shape index (κ2) is 38.6. The molecule has 0 amide bonds. The molecule has 0 aromatic heterocycles. The first kappa shape index (κ1) is 43.4. The van der Waals surface area contributed by atoms with E-state index < -0.39 is 6.10 Å². The van der Waals surface area contributed by atoms with Gasteiger partial charge in [-0.1, -0.05) is 219 Å². The zero-order valence-electron chi connectivity index (χ0n) is 30.0. The maximum absolute atomic E-state index is 11.5. The molecule has 4 nitrogen and oxygen atoms in total. The molecule has 0 saturated carbocycles. The van der Waals surface area contributed by atoms with Crippen LogP contribution in [0.15, 0.2) is 0 Å². The smallest absolute Gasteiger partial charge is 0.305 e. The van der Waals surface area contributed by atoms with Crippen LogP contribution >= 0.6 is 0 Å². The first-order valence-electron chi connectivity index (χ1n) is 20.1. The first-order valence-corrected chi connectivity index (χ1v) is 20.1. The highest BCUT2D eigenvalue weighted by Gasteiger charge is 2.07. The lowest BCUT2D eigenvalue weighted by atomic mass is 10.0. The van der Waals surface area contributed by atoms with Gasteiger partial charge in [0.05, 0.1) is 6.61 Å². The van der Waals surface area contributed by atoms with E-state index in [0.717, 1.165) is 12.8 Å². The van der Waals surface area contributed by atoms with Crippen LogP contribution in [0.2, 0.25) is 0 Å². The van der Waals surface area contributed by atoms with Crippen molar-refractivity contribution in [1.29, 1.82) is 0 Å². The summed E-state index contributed by atoms with van der Waals surface area (Å²) in [7, 11) is 0. The summed E-state index contributed by atoms with van der Waals surface area (Å²) < 4.78 is 4.92. The Kier molecular flexibility index (Phi) is 38.0. The molecule has 0 aliphatic rings. The summed E-state index contributed by atoms with van der Waals surface area (Å²) in [4.78, 5) is 11.5. The molecule has 0 rings (SSSR count). The highest BCUT2D eigenvalue weighted by Crippen LogP contribution is 2.17. The van der Waals surface area contributed by atoms with Crippen LogP contribution in [0.3, 0.4) is 0 Å². The topological polar surface area (TPSA) is 66.8 Å². The molecular weight excluding hydrogens is 544 g/mol. The zero-order chi connectivity index (χ0) is 32.0. The molecule has 0 bridgehead atoms. The standard InChI is InChI=1S/C40H80O4/c1-2-3-4-5-6-7-8-9-10-11-12-13-14-15-16-17-18-19-20-21-22-23-24-25-26-27-28-29-30-31-32-33-34-35-36-40(43)44-38-39(42)37-41/h39,41-42H,2-38H2,1H3. The third-order valence-electron chi connectivity index (χ3n) is 9.38. The minimum Gasteiger partial charge on any atom is -0.463 e. The number of ether oxygens (including phenoxy) is 1. The predicted octanol–water partition coefficient (Wildman–Crippen LogP) is 12.6. The number of hydrogen-bond acceptors (Lipinski definition) is 4. The lowest BCUT2D eigenvalue weighted by molar-refractivity contribution is -0.147. The number of aliphatic hydroxyl groups is 2. The highest BCUT2D eigenvalue weighted by atomic mass is 16.5. The largest absolute Gasteiger partial charge is 0.463 e. The van der Waals surface area contributed by atoms with E-state index in [1.807, 2.05) is 0 Å². The van der Waals surface area contributed by atoms with Gasteiger partial charge in [0.25, 0.3) is 0 Å². The summed E-state index contributed by atoms with van der Waals surface area (Å²) in [6.07, 6.45) is 47.1. The Balaban J connectivity index is 3.09. The van der Waals surface area contributed by atoms with Crippen LogP contribution in [0.25, 0.3) is 0 Å². The van der Waals surface area contributed by atoms with Crippen LogP contribution in [0.4, 0.5) is 0 Å². The van der Waals surface area contributed by atoms with Gasteiger partial charge in [0, 0.05) is 6.42 Å². The average molecular weight is 625 g/mol. The lowest BCUT2D eigenvalue weighted by Gasteiger charge is -2.08. The Morgan fingerprint density at radius 2 is 0.659 bits per heavy atom. The van der Waals surface area contributed by atoms with E-state index >= 15 is 0 Å². The van der Waals surface area contributed by atoms with Crippen molar-refractivity contribution >= 4 is 5.97 Å². The van der Waals surface area contributed by atoms with Crippen molar-refractivity contribution in [3.63, 3.8) is 0 Å². The normalized spacial score (nSPS) is 12.2. The van der Waals surface area contributed by atoms with Crippen molar-refractivity contribution in [2.45, 2.75) is 238 Å². The molecule has 264 valence electrons. The number of rotatable bonds is 38. The lowest BCUT2D eigenvalue weighted by Crippen LogP contribution is -2.21. The Hall–Kier alpha value is -0.610. The van der Waals surface area contributed by atoms with Gasteiger partial charge in [-0.3, -0.25) is 4.79 Å². The molecule has 1 atom stereocenters. The van der Waals surface area contributed by atoms with E-state index in [1.165, 1.54) is 205 Å². The second-order valence-electron chi connectivity index (χ2n) is 13.9. The van der Waals surface area contributed by atoms with Crippen molar-refractivity contribution in [2.24, 2.45) is 0 Å². The summed E-state index contributed by atoms with van der Waals surface area (Å²) >= 11 is 0. The third-order valence-corrected chi connectivity index (χ3v) is 9.38. The zero-order valence-corrected chi connectivity index (χ0v) is 30.0. The molecule has 4 heteroatoms. The van der Waals surface area contributed by atoms with Gasteiger partial charge in [0.15, 0.2) is 0 Å². The van der Waals surface area contributed by atoms with E-state index in [1.54, 1.807) is 0 Å². The van der Waals surface area contributed by atoms with Crippen LogP contribution in [-0.2, 0) is 9.53 Å². The minimum atomic E-state index is -0.957. The molecule has 0 aromatic rings. The predicted molar refractivity (Wildman–Crippen MR) is 191 cm³/mol. The molecule has 0 spiro atoms. The Morgan fingerprint density at radius 1 is 0.432 bits per heavy atom. The van der Waals surface area contributed by atoms with Gasteiger partial charge in [-0.25, -0.2) is 0 Å². The van der Waals surface area contributed by atoms with E-state index in [0.29, 0.717) is 6.42 Å². The van der Waals surface area contributed by atoms with Gasteiger partial charge in [-0.05, 0) is 6.42 Å². The number of unbranched alkanes of at least 4 members (excludes halogenated alkanes) is 33. The van der Waals surface area contributed by atoms with Crippen molar-refractivity contribution in [3.8, 4) is 0 Å². The van der Waals surface area contributed by atoms with Gasteiger partial charge in [-0.15, -0.1) is 0 Å². The van der Waals surface area contributed by atoms with Crippen molar-refractivity contribution in [1.82, 2.24) is 0 Å². The van der Waals surface area contributed by atoms with Crippen molar-refractivity contribution < 1.29 is 19.7 Å². The van der Waals surface area contributed by atoms with Crippen LogP contribution < -0.4 is 0 Å². The van der Waals surface area contributed by atoms with E-state index in [-0.39, 0.29) is 19.2 Å². The summed E-state index contributed by atoms with van der Waals surface area (Å²) in [5, 5.41) is 17.9. The van der Waals surface area contributed by atoms with Crippen molar-refractivity contribution in [2.75, 3.05) is 13.2 Å². The molecule has 0 aromatic carbocycles. The summed E-state index contributed by atoms with van der Waals surface area (Å²) in [6, 6.07) is 0. The third kappa shape index (κ3) is 37.6. The quantitative estimate of drug-likeness (QED) is 0.0530. The summed E-state index contributed by atoms with van der Waals surface area (Å²) in [6.45, 7) is 1.83. The van der Waals surface area contributed by atoms with Crippen molar-refractivity contribution in [3.05, 3.63) is 0 Å². The SMILES string of the molecule is CCCCCCCCCCCCCCCCCCCCCCCCCCCCCCCCCCCCC(=O)OCC(O)CO. The van der Waals surface area contributed by atoms with Crippen LogP contribution in [0.1, 0.15) is 232 Å². The van der Waals surface area contributed by atoms with Gasteiger partial charge in [-0.2, -0.15) is 0 Å². The number of hydrogen-bond donors (Lipinski definition) is 2. The first-order chi connectivity index (χ1) is 21.7. The molecule has 0 aliphatic carbocycles. The number of carbonyl (C=O) groups excluding carboxylic acids is 1. The van der Waals surface area contributed by atoms with Gasteiger partial charge in [0.1, 0.15) is 12.7 Å². The maximum Gasteiger partial charge on any atom is 0.305 e. The molecular formula is C40H80O4. The number of aliphatic hydroxyl groups excluding tert-OH is 2. The highest BCUT2D eigenvalue weighted by molar-refractivity contribution is 5.69. The maximum atomic E-state index is 11.5. The monoisotopic (exact) mass is 625 g/mol. The number of carbonyl (C=O) groups is 1. The molecule has 0 fully saturated rings. The summed E-state index contributed by atoms with van der Waals surface area (Å²) in [5.74, 6) is -0.270. The molecule has 1 unspecified atom stereocenters. The van der Waals surface area contributed by atoms with Crippen LogP contribution in [0.5, 0.6) is 0 Å². The molecule has 0 aliphatic heterocycles. The Labute approximate surface area is 276 Å².